The summed E-state index contributed by atoms with van der Waals surface area (Å²) in [5.74, 6) is -0.303. The van der Waals surface area contributed by atoms with Crippen molar-refractivity contribution >= 4 is 12.0 Å². The Labute approximate surface area is 77.0 Å². The average Bonchev–Trinajstić information content (AvgIpc) is 2.04. The molecule has 0 saturated heterocycles. The Balaban J connectivity index is 3.10. The summed E-state index contributed by atoms with van der Waals surface area (Å²) in [6.07, 6.45) is 1.03. The van der Waals surface area contributed by atoms with E-state index in [0.29, 0.717) is 0 Å². The first-order chi connectivity index (χ1) is 6.15. The first-order valence-electron chi connectivity index (χ1n) is 4.04. The number of halogens is 1. The van der Waals surface area contributed by atoms with Crippen LogP contribution in [0, 0.1) is 5.82 Å². The molecule has 2 nitrogen and oxygen atoms in total. The number of anilines is 1. The van der Waals surface area contributed by atoms with Gasteiger partial charge in [-0.2, -0.15) is 0 Å². The molecule has 1 aromatic rings. The topological polar surface area (TPSA) is 20.3 Å². The zero-order valence-corrected chi connectivity index (χ0v) is 7.75. The van der Waals surface area contributed by atoms with Crippen molar-refractivity contribution in [2.75, 3.05) is 19.0 Å². The summed E-state index contributed by atoms with van der Waals surface area (Å²) in [6, 6.07) is 4.46. The minimum absolute atomic E-state index is 0.255. The van der Waals surface area contributed by atoms with E-state index >= 15 is 0 Å². The number of nitrogens with zero attached hydrogens (tertiary/aromatic N) is 1. The van der Waals surface area contributed by atoms with Gasteiger partial charge in [0, 0.05) is 26.2 Å². The van der Waals surface area contributed by atoms with Crippen LogP contribution in [0.15, 0.2) is 18.2 Å². The molecule has 0 amide bonds. The van der Waals surface area contributed by atoms with Crippen molar-refractivity contribution in [2.24, 2.45) is 0 Å². The zero-order valence-electron chi connectivity index (χ0n) is 7.75. The molecular weight excluding hydrogens is 169 g/mol. The van der Waals surface area contributed by atoms with Crippen molar-refractivity contribution in [1.29, 1.82) is 0 Å². The Kier molecular flexibility index (Phi) is 3.01. The van der Waals surface area contributed by atoms with Crippen LogP contribution in [-0.4, -0.2) is 20.4 Å². The van der Waals surface area contributed by atoms with Crippen LogP contribution >= 0.6 is 0 Å². The fourth-order valence-electron chi connectivity index (χ4n) is 1.24. The highest BCUT2D eigenvalue weighted by atomic mass is 19.1. The summed E-state index contributed by atoms with van der Waals surface area (Å²) in [5.41, 5.74) is 1.61. The van der Waals surface area contributed by atoms with Crippen molar-refractivity contribution in [3.8, 4) is 0 Å². The molecule has 0 N–H and O–H groups in total. The molecule has 3 heteroatoms. The maximum Gasteiger partial charge on any atom is 0.124 e. The van der Waals surface area contributed by atoms with Gasteiger partial charge < -0.3 is 9.69 Å². The third-order valence-electron chi connectivity index (χ3n) is 1.83. The van der Waals surface area contributed by atoms with Gasteiger partial charge in [-0.1, -0.05) is 0 Å². The molecule has 0 heterocycles. The van der Waals surface area contributed by atoms with Gasteiger partial charge in [-0.25, -0.2) is 4.39 Å². The minimum Gasteiger partial charge on any atom is -0.377 e. The second-order valence-electron chi connectivity index (χ2n) is 3.04. The summed E-state index contributed by atoms with van der Waals surface area (Å²) in [6.45, 7) is 0. The van der Waals surface area contributed by atoms with Crippen molar-refractivity contribution in [3.63, 3.8) is 0 Å². The molecule has 0 radical (unpaired) electrons. The zero-order chi connectivity index (χ0) is 9.84. The molecule has 0 aliphatic heterocycles. The molecule has 0 unspecified atom stereocenters. The van der Waals surface area contributed by atoms with Crippen LogP contribution in [0.1, 0.15) is 5.56 Å². The van der Waals surface area contributed by atoms with E-state index in [4.69, 9.17) is 0 Å². The second-order valence-corrected chi connectivity index (χ2v) is 3.04. The summed E-state index contributed by atoms with van der Waals surface area (Å²) < 4.78 is 12.8. The van der Waals surface area contributed by atoms with Crippen LogP contribution in [0.5, 0.6) is 0 Å². The lowest BCUT2D eigenvalue weighted by Crippen LogP contribution is -2.11. The van der Waals surface area contributed by atoms with Crippen molar-refractivity contribution in [2.45, 2.75) is 6.42 Å². The number of aldehydes is 1. The third kappa shape index (κ3) is 2.28. The van der Waals surface area contributed by atoms with Gasteiger partial charge in [-0.05, 0) is 23.8 Å². The van der Waals surface area contributed by atoms with Crippen LogP contribution in [-0.2, 0) is 11.2 Å². The lowest BCUT2D eigenvalue weighted by Gasteiger charge is -2.16. The van der Waals surface area contributed by atoms with Crippen molar-refractivity contribution in [1.82, 2.24) is 0 Å². The Bertz CT molecular complexity index is 310. The Hall–Kier alpha value is -1.38. The van der Waals surface area contributed by atoms with Gasteiger partial charge >= 0.3 is 0 Å². The van der Waals surface area contributed by atoms with Gasteiger partial charge in [0.2, 0.25) is 0 Å². The number of rotatable bonds is 3. The van der Waals surface area contributed by atoms with Crippen LogP contribution in [0.25, 0.3) is 0 Å². The van der Waals surface area contributed by atoms with Crippen LogP contribution in [0.4, 0.5) is 10.1 Å². The maximum atomic E-state index is 12.8. The molecule has 1 rings (SSSR count). The van der Waals surface area contributed by atoms with Gasteiger partial charge in [0.1, 0.15) is 12.1 Å². The van der Waals surface area contributed by atoms with E-state index in [2.05, 4.69) is 0 Å². The van der Waals surface area contributed by atoms with E-state index in [1.54, 1.807) is 6.07 Å². The molecular formula is C10H12FNO. The predicted molar refractivity (Wildman–Crippen MR) is 50.5 cm³/mol. The summed E-state index contributed by atoms with van der Waals surface area (Å²) >= 11 is 0. The molecule has 0 aliphatic carbocycles. The smallest absolute Gasteiger partial charge is 0.124 e. The molecule has 0 atom stereocenters. The molecule has 0 aliphatic rings. The SMILES string of the molecule is CN(C)c1ccc(F)cc1CC=O. The molecule has 0 saturated carbocycles. The average molecular weight is 181 g/mol. The lowest BCUT2D eigenvalue weighted by atomic mass is 10.1. The van der Waals surface area contributed by atoms with E-state index in [1.165, 1.54) is 12.1 Å². The Morgan fingerprint density at radius 1 is 1.46 bits per heavy atom. The predicted octanol–water partition coefficient (Wildman–Crippen LogP) is 1.63. The van der Waals surface area contributed by atoms with E-state index in [-0.39, 0.29) is 12.2 Å². The monoisotopic (exact) mass is 181 g/mol. The number of hydrogen-bond acceptors (Lipinski definition) is 2. The standard InChI is InChI=1S/C10H12FNO/c1-12(2)10-4-3-9(11)7-8(10)5-6-13/h3-4,6-7H,5H2,1-2H3. The fourth-order valence-corrected chi connectivity index (χ4v) is 1.24. The largest absolute Gasteiger partial charge is 0.377 e. The van der Waals surface area contributed by atoms with E-state index < -0.39 is 0 Å². The van der Waals surface area contributed by atoms with Gasteiger partial charge in [-0.3, -0.25) is 0 Å². The minimum atomic E-state index is -0.303. The molecule has 0 bridgehead atoms. The lowest BCUT2D eigenvalue weighted by molar-refractivity contribution is -0.107. The van der Waals surface area contributed by atoms with E-state index in [0.717, 1.165) is 17.5 Å². The summed E-state index contributed by atoms with van der Waals surface area (Å²) in [7, 11) is 3.73. The fraction of sp³-hybridized carbons (Fsp3) is 0.300. The number of carbonyl (C=O) groups excluding carboxylic acids is 1. The Morgan fingerprint density at radius 3 is 2.69 bits per heavy atom. The maximum absolute atomic E-state index is 12.8. The normalized spacial score (nSPS) is 9.77. The van der Waals surface area contributed by atoms with Gasteiger partial charge in [0.05, 0.1) is 0 Å². The van der Waals surface area contributed by atoms with Crippen LogP contribution in [0.2, 0.25) is 0 Å². The van der Waals surface area contributed by atoms with Gasteiger partial charge in [0.15, 0.2) is 0 Å². The first-order valence-corrected chi connectivity index (χ1v) is 4.04. The first kappa shape index (κ1) is 9.71. The molecule has 70 valence electrons. The second kappa shape index (κ2) is 4.03. The van der Waals surface area contributed by atoms with E-state index in [9.17, 15) is 9.18 Å². The van der Waals surface area contributed by atoms with Crippen molar-refractivity contribution < 1.29 is 9.18 Å². The van der Waals surface area contributed by atoms with E-state index in [1.807, 2.05) is 19.0 Å². The van der Waals surface area contributed by atoms with Gasteiger partial charge in [0.25, 0.3) is 0 Å². The Morgan fingerprint density at radius 2 is 2.15 bits per heavy atom. The highest BCUT2D eigenvalue weighted by molar-refractivity contribution is 5.63. The van der Waals surface area contributed by atoms with Gasteiger partial charge in [-0.15, -0.1) is 0 Å². The summed E-state index contributed by atoms with van der Waals surface area (Å²) in [4.78, 5) is 12.2. The molecule has 0 fully saturated rings. The highest BCUT2D eigenvalue weighted by Gasteiger charge is 2.04. The van der Waals surface area contributed by atoms with Crippen LogP contribution in [0.3, 0.4) is 0 Å². The van der Waals surface area contributed by atoms with Crippen LogP contribution < -0.4 is 4.90 Å². The van der Waals surface area contributed by atoms with Crippen molar-refractivity contribution in [3.05, 3.63) is 29.6 Å². The quantitative estimate of drug-likeness (QED) is 0.660. The molecule has 0 aromatic heterocycles. The molecule has 13 heavy (non-hydrogen) atoms. The number of benzene rings is 1. The summed E-state index contributed by atoms with van der Waals surface area (Å²) in [5, 5.41) is 0. The highest BCUT2D eigenvalue weighted by Crippen LogP contribution is 2.19. The number of carbonyl (C=O) groups is 1. The molecule has 1 aromatic carbocycles. The molecule has 0 spiro atoms. The third-order valence-corrected chi connectivity index (χ3v) is 1.83. The number of hydrogen-bond donors (Lipinski definition) is 0.